The number of hydrogen-bond acceptors (Lipinski definition) is 0. The Balaban J connectivity index is 2.36. The molecule has 0 bridgehead atoms. The van der Waals surface area contributed by atoms with Gasteiger partial charge in [-0.2, -0.15) is 13.2 Å². The van der Waals surface area contributed by atoms with E-state index in [2.05, 4.69) is 15.9 Å². The van der Waals surface area contributed by atoms with Crippen LogP contribution >= 0.6 is 39.1 Å². The summed E-state index contributed by atoms with van der Waals surface area (Å²) in [7, 11) is 0. The summed E-state index contributed by atoms with van der Waals surface area (Å²) in [6.45, 7) is 0. The molecule has 2 aromatic rings. The summed E-state index contributed by atoms with van der Waals surface area (Å²) in [5.74, 6) is -0.592. The van der Waals surface area contributed by atoms with Gasteiger partial charge in [0.05, 0.1) is 16.0 Å². The van der Waals surface area contributed by atoms with Crippen LogP contribution in [0.1, 0.15) is 22.1 Å². The predicted octanol–water partition coefficient (Wildman–Crippen LogP) is 6.59. The third-order valence-electron chi connectivity index (χ3n) is 2.84. The molecule has 2 aromatic carbocycles. The molecule has 0 nitrogen and oxygen atoms in total. The second-order valence-electron chi connectivity index (χ2n) is 4.27. The van der Waals surface area contributed by atoms with E-state index in [1.165, 1.54) is 18.2 Å². The lowest BCUT2D eigenvalue weighted by molar-refractivity contribution is -0.137. The Hall–Kier alpha value is -0.780. The van der Waals surface area contributed by atoms with E-state index in [1.54, 1.807) is 0 Å². The van der Waals surface area contributed by atoms with Crippen LogP contribution in [0.5, 0.6) is 0 Å². The first-order chi connectivity index (χ1) is 9.70. The summed E-state index contributed by atoms with van der Waals surface area (Å²) < 4.78 is 51.7. The van der Waals surface area contributed by atoms with Crippen molar-refractivity contribution in [1.82, 2.24) is 0 Å². The zero-order valence-electron chi connectivity index (χ0n) is 10.2. The number of halogens is 7. The van der Waals surface area contributed by atoms with Gasteiger partial charge in [-0.25, -0.2) is 4.39 Å². The Morgan fingerprint density at radius 1 is 1.05 bits per heavy atom. The number of alkyl halides is 4. The highest BCUT2D eigenvalue weighted by atomic mass is 79.9. The van der Waals surface area contributed by atoms with Crippen LogP contribution in [0, 0.1) is 5.82 Å². The van der Waals surface area contributed by atoms with Crippen molar-refractivity contribution in [3.63, 3.8) is 0 Å². The van der Waals surface area contributed by atoms with Crippen molar-refractivity contribution in [2.24, 2.45) is 0 Å². The van der Waals surface area contributed by atoms with E-state index >= 15 is 0 Å². The third-order valence-corrected chi connectivity index (χ3v) is 4.53. The Morgan fingerprint density at radius 2 is 1.62 bits per heavy atom. The van der Waals surface area contributed by atoms with E-state index in [4.69, 9.17) is 23.2 Å². The number of hydrogen-bond donors (Lipinski definition) is 0. The first kappa shape index (κ1) is 16.6. The van der Waals surface area contributed by atoms with Crippen LogP contribution in [-0.4, -0.2) is 0 Å². The molecule has 0 radical (unpaired) electrons. The van der Waals surface area contributed by atoms with Gasteiger partial charge in [-0.05, 0) is 45.8 Å². The first-order valence-corrected chi connectivity index (χ1v) is 7.26. The molecular formula is C14H7BrCl2F4. The fourth-order valence-corrected chi connectivity index (χ4v) is 2.55. The maximum Gasteiger partial charge on any atom is 0.416 e. The Labute approximate surface area is 136 Å². The molecule has 0 spiro atoms. The van der Waals surface area contributed by atoms with E-state index in [1.807, 2.05) is 0 Å². The topological polar surface area (TPSA) is 0 Å². The lowest BCUT2D eigenvalue weighted by atomic mass is 10.0. The fraction of sp³-hybridized carbons (Fsp3) is 0.143. The Bertz CT molecular complexity index is 653. The number of benzene rings is 2. The molecule has 21 heavy (non-hydrogen) atoms. The monoisotopic (exact) mass is 400 g/mol. The van der Waals surface area contributed by atoms with E-state index in [0.29, 0.717) is 10.0 Å². The van der Waals surface area contributed by atoms with Crippen LogP contribution in [0.4, 0.5) is 17.6 Å². The lowest BCUT2D eigenvalue weighted by Gasteiger charge is -2.14. The van der Waals surface area contributed by atoms with Gasteiger partial charge in [-0.15, -0.1) is 11.6 Å². The molecular weight excluding hydrogens is 395 g/mol. The van der Waals surface area contributed by atoms with Crippen molar-refractivity contribution in [1.29, 1.82) is 0 Å². The molecule has 0 aromatic heterocycles. The van der Waals surface area contributed by atoms with Crippen molar-refractivity contribution in [2.45, 2.75) is 11.6 Å². The van der Waals surface area contributed by atoms with Crippen molar-refractivity contribution in [2.75, 3.05) is 0 Å². The van der Waals surface area contributed by atoms with E-state index in [9.17, 15) is 17.6 Å². The minimum atomic E-state index is -4.42. The Kier molecular flexibility index (Phi) is 4.85. The molecule has 0 heterocycles. The molecule has 0 saturated heterocycles. The molecule has 2 rings (SSSR count). The van der Waals surface area contributed by atoms with Gasteiger partial charge >= 0.3 is 6.18 Å². The second kappa shape index (κ2) is 6.15. The largest absolute Gasteiger partial charge is 0.416 e. The second-order valence-corrected chi connectivity index (χ2v) is 5.97. The van der Waals surface area contributed by atoms with Gasteiger partial charge in [-0.1, -0.05) is 23.7 Å². The van der Waals surface area contributed by atoms with Gasteiger partial charge in [0.1, 0.15) is 5.82 Å². The van der Waals surface area contributed by atoms with Crippen LogP contribution < -0.4 is 0 Å². The van der Waals surface area contributed by atoms with Crippen LogP contribution in [-0.2, 0) is 6.18 Å². The molecule has 1 unspecified atom stereocenters. The number of rotatable bonds is 2. The van der Waals surface area contributed by atoms with Crippen LogP contribution in [0.2, 0.25) is 5.02 Å². The molecule has 1 atom stereocenters. The van der Waals surface area contributed by atoms with E-state index < -0.39 is 22.9 Å². The zero-order chi connectivity index (χ0) is 15.8. The van der Waals surface area contributed by atoms with Gasteiger partial charge in [-0.3, -0.25) is 0 Å². The SMILES string of the molecule is Fc1cc(Br)c(Cl)cc1C(Cl)c1ccc(C(F)(F)F)cc1. The first-order valence-electron chi connectivity index (χ1n) is 5.66. The molecule has 112 valence electrons. The van der Waals surface area contributed by atoms with Crippen molar-refractivity contribution in [3.8, 4) is 0 Å². The van der Waals surface area contributed by atoms with Gasteiger partial charge in [0, 0.05) is 10.0 Å². The van der Waals surface area contributed by atoms with E-state index in [-0.39, 0.29) is 10.6 Å². The average molecular weight is 402 g/mol. The van der Waals surface area contributed by atoms with Crippen molar-refractivity contribution >= 4 is 39.1 Å². The summed E-state index contributed by atoms with van der Waals surface area (Å²) in [4.78, 5) is 0. The van der Waals surface area contributed by atoms with Gasteiger partial charge in [0.25, 0.3) is 0 Å². The predicted molar refractivity (Wildman–Crippen MR) is 78.2 cm³/mol. The van der Waals surface area contributed by atoms with Crippen molar-refractivity contribution in [3.05, 3.63) is 68.4 Å². The molecule has 0 aliphatic rings. The fourth-order valence-electron chi connectivity index (χ4n) is 1.75. The van der Waals surface area contributed by atoms with Gasteiger partial charge in [0.2, 0.25) is 0 Å². The summed E-state index contributed by atoms with van der Waals surface area (Å²) >= 11 is 15.1. The van der Waals surface area contributed by atoms with Crippen LogP contribution in [0.25, 0.3) is 0 Å². The summed E-state index contributed by atoms with van der Waals surface area (Å²) in [5, 5.41) is -0.665. The molecule has 0 aliphatic heterocycles. The minimum absolute atomic E-state index is 0.102. The standard InChI is InChI=1S/C14H7BrCl2F4/c15-10-6-12(18)9(5-11(10)16)13(17)7-1-3-8(4-2-7)14(19,20)21/h1-6,13H. The molecule has 0 amide bonds. The van der Waals surface area contributed by atoms with Crippen LogP contribution in [0.15, 0.2) is 40.9 Å². The quantitative estimate of drug-likeness (QED) is 0.302. The zero-order valence-corrected chi connectivity index (χ0v) is 13.3. The Morgan fingerprint density at radius 3 is 2.14 bits per heavy atom. The maximum absolute atomic E-state index is 13.9. The molecule has 0 saturated carbocycles. The minimum Gasteiger partial charge on any atom is -0.207 e. The molecule has 0 fully saturated rings. The lowest BCUT2D eigenvalue weighted by Crippen LogP contribution is -2.05. The normalized spacial score (nSPS) is 13.3. The smallest absolute Gasteiger partial charge is 0.207 e. The molecule has 7 heteroatoms. The molecule has 0 aliphatic carbocycles. The summed E-state index contributed by atoms with van der Waals surface area (Å²) in [5.41, 5.74) is -0.337. The summed E-state index contributed by atoms with van der Waals surface area (Å²) in [6, 6.07) is 6.76. The van der Waals surface area contributed by atoms with Crippen LogP contribution in [0.3, 0.4) is 0 Å². The maximum atomic E-state index is 13.9. The molecule has 0 N–H and O–H groups in total. The van der Waals surface area contributed by atoms with E-state index in [0.717, 1.165) is 18.2 Å². The summed E-state index contributed by atoms with van der Waals surface area (Å²) in [6.07, 6.45) is -4.42. The average Bonchev–Trinajstić information content (AvgIpc) is 2.41. The highest BCUT2D eigenvalue weighted by Crippen LogP contribution is 2.36. The highest BCUT2D eigenvalue weighted by Gasteiger charge is 2.30. The van der Waals surface area contributed by atoms with Gasteiger partial charge in [0.15, 0.2) is 0 Å². The van der Waals surface area contributed by atoms with Crippen molar-refractivity contribution < 1.29 is 17.6 Å². The third kappa shape index (κ3) is 3.71. The van der Waals surface area contributed by atoms with Gasteiger partial charge < -0.3 is 0 Å². The highest BCUT2D eigenvalue weighted by molar-refractivity contribution is 9.10.